The van der Waals surface area contributed by atoms with E-state index in [0.29, 0.717) is 0 Å². The summed E-state index contributed by atoms with van der Waals surface area (Å²) in [6.07, 6.45) is 8.27. The highest BCUT2D eigenvalue weighted by Gasteiger charge is 2.36. The van der Waals surface area contributed by atoms with Crippen LogP contribution >= 0.6 is 0 Å². The van der Waals surface area contributed by atoms with E-state index in [1.54, 1.807) is 0 Å². The highest BCUT2D eigenvalue weighted by molar-refractivity contribution is 5.04. The monoisotopic (exact) mass is 263 g/mol. The molecule has 19 heavy (non-hydrogen) atoms. The third-order valence-corrected chi connectivity index (χ3v) is 4.90. The maximum atomic E-state index is 6.09. The summed E-state index contributed by atoms with van der Waals surface area (Å²) in [7, 11) is 2.10. The van der Waals surface area contributed by atoms with E-state index < -0.39 is 0 Å². The first kappa shape index (κ1) is 13.1. The van der Waals surface area contributed by atoms with E-state index in [1.165, 1.54) is 37.8 Å². The number of aromatic nitrogens is 2. The van der Waals surface area contributed by atoms with Crippen LogP contribution in [0.25, 0.3) is 0 Å². The van der Waals surface area contributed by atoms with Gasteiger partial charge in [-0.3, -0.25) is 4.90 Å². The molecule has 1 aromatic rings. The van der Waals surface area contributed by atoms with Crippen LogP contribution < -0.4 is 0 Å². The molecule has 4 nitrogen and oxygen atoms in total. The molecule has 0 N–H and O–H groups in total. The Bertz CT molecular complexity index is 425. The van der Waals surface area contributed by atoms with Crippen LogP contribution in [0.4, 0.5) is 0 Å². The number of hydrogen-bond acceptors (Lipinski definition) is 3. The van der Waals surface area contributed by atoms with Crippen molar-refractivity contribution in [1.82, 2.24) is 14.5 Å². The van der Waals surface area contributed by atoms with Gasteiger partial charge in [0.1, 0.15) is 5.82 Å². The molecule has 3 rings (SSSR count). The van der Waals surface area contributed by atoms with Crippen LogP contribution in [0.15, 0.2) is 6.20 Å². The Kier molecular flexibility index (Phi) is 3.63. The Labute approximate surface area is 115 Å². The summed E-state index contributed by atoms with van der Waals surface area (Å²) < 4.78 is 8.28. The summed E-state index contributed by atoms with van der Waals surface area (Å²) in [5, 5.41) is 0. The lowest BCUT2D eigenvalue weighted by molar-refractivity contribution is -0.112. The minimum atomic E-state index is 0.219. The van der Waals surface area contributed by atoms with Gasteiger partial charge in [0.25, 0.3) is 0 Å². The first-order chi connectivity index (χ1) is 9.19. The van der Waals surface area contributed by atoms with Crippen LogP contribution in [-0.2, 0) is 18.3 Å². The minimum Gasteiger partial charge on any atom is -0.375 e. The minimum absolute atomic E-state index is 0.219. The van der Waals surface area contributed by atoms with Gasteiger partial charge >= 0.3 is 0 Å². The number of nitrogens with zero attached hydrogens (tertiary/aromatic N) is 3. The second kappa shape index (κ2) is 5.25. The molecule has 2 fully saturated rings. The molecule has 2 aliphatic rings. The topological polar surface area (TPSA) is 30.3 Å². The Balaban J connectivity index is 1.57. The first-order valence-corrected chi connectivity index (χ1v) is 7.52. The molecule has 106 valence electrons. The fourth-order valence-corrected chi connectivity index (χ4v) is 3.35. The lowest BCUT2D eigenvalue weighted by Crippen LogP contribution is -2.47. The highest BCUT2D eigenvalue weighted by Crippen LogP contribution is 2.35. The highest BCUT2D eigenvalue weighted by atomic mass is 16.5. The third-order valence-electron chi connectivity index (χ3n) is 4.90. The zero-order chi connectivity index (χ0) is 13.3. The summed E-state index contributed by atoms with van der Waals surface area (Å²) in [6, 6.07) is 0. The molecule has 0 aliphatic carbocycles. The van der Waals surface area contributed by atoms with Gasteiger partial charge in [0.2, 0.25) is 0 Å². The van der Waals surface area contributed by atoms with Gasteiger partial charge in [-0.1, -0.05) is 0 Å². The summed E-state index contributed by atoms with van der Waals surface area (Å²) in [6.45, 7) is 6.37. The van der Waals surface area contributed by atoms with Gasteiger partial charge in [-0.15, -0.1) is 0 Å². The second-order valence-corrected chi connectivity index (χ2v) is 6.12. The molecule has 3 heterocycles. The summed E-state index contributed by atoms with van der Waals surface area (Å²) in [5.41, 5.74) is 1.54. The van der Waals surface area contributed by atoms with Crippen molar-refractivity contribution < 1.29 is 4.74 Å². The summed E-state index contributed by atoms with van der Waals surface area (Å²) >= 11 is 0. The standard InChI is InChI=1S/C15H25N3O/c1-13-16-11-14(17(13)2)12-18-8-6-15(7-9-18)5-3-4-10-19-15/h11H,3-10,12H2,1-2H3. The number of aryl methyl sites for hydroxylation is 1. The van der Waals surface area contributed by atoms with Crippen LogP contribution in [0.1, 0.15) is 43.6 Å². The lowest BCUT2D eigenvalue weighted by atomic mass is 9.84. The molecule has 0 unspecified atom stereocenters. The number of piperidine rings is 1. The number of imidazole rings is 1. The lowest BCUT2D eigenvalue weighted by Gasteiger charge is -2.44. The van der Waals surface area contributed by atoms with E-state index in [9.17, 15) is 0 Å². The van der Waals surface area contributed by atoms with Crippen LogP contribution in [0, 0.1) is 6.92 Å². The van der Waals surface area contributed by atoms with Gasteiger partial charge in [0, 0.05) is 39.5 Å². The Morgan fingerprint density at radius 1 is 1.26 bits per heavy atom. The first-order valence-electron chi connectivity index (χ1n) is 7.52. The average Bonchev–Trinajstić information content (AvgIpc) is 2.75. The normalized spacial score (nSPS) is 23.9. The smallest absolute Gasteiger partial charge is 0.105 e. The van der Waals surface area contributed by atoms with Crippen molar-refractivity contribution >= 4 is 0 Å². The van der Waals surface area contributed by atoms with Crippen molar-refractivity contribution in [3.63, 3.8) is 0 Å². The van der Waals surface area contributed by atoms with Crippen molar-refractivity contribution in [3.05, 3.63) is 17.7 Å². The third kappa shape index (κ3) is 2.70. The van der Waals surface area contributed by atoms with Crippen LogP contribution in [-0.4, -0.2) is 39.7 Å². The van der Waals surface area contributed by atoms with E-state index in [2.05, 4.69) is 28.4 Å². The van der Waals surface area contributed by atoms with Gasteiger partial charge in [-0.05, 0) is 39.0 Å². The molecule has 2 saturated heterocycles. The second-order valence-electron chi connectivity index (χ2n) is 6.12. The Hall–Kier alpha value is -0.870. The number of rotatable bonds is 2. The van der Waals surface area contributed by atoms with Crippen molar-refractivity contribution in [3.8, 4) is 0 Å². The molecular weight excluding hydrogens is 238 g/mol. The van der Waals surface area contributed by atoms with Crippen molar-refractivity contribution in [1.29, 1.82) is 0 Å². The molecule has 0 radical (unpaired) electrons. The van der Waals surface area contributed by atoms with Gasteiger partial charge in [0.05, 0.1) is 11.3 Å². The maximum absolute atomic E-state index is 6.09. The zero-order valence-corrected chi connectivity index (χ0v) is 12.2. The summed E-state index contributed by atoms with van der Waals surface area (Å²) in [4.78, 5) is 6.92. The van der Waals surface area contributed by atoms with Gasteiger partial charge in [0.15, 0.2) is 0 Å². The molecule has 4 heteroatoms. The van der Waals surface area contributed by atoms with Crippen LogP contribution in [0.3, 0.4) is 0 Å². The number of likely N-dealkylation sites (tertiary alicyclic amines) is 1. The fraction of sp³-hybridized carbons (Fsp3) is 0.800. The Morgan fingerprint density at radius 3 is 2.63 bits per heavy atom. The maximum Gasteiger partial charge on any atom is 0.105 e. The molecule has 1 aromatic heterocycles. The summed E-state index contributed by atoms with van der Waals surface area (Å²) in [5.74, 6) is 1.10. The Morgan fingerprint density at radius 2 is 2.05 bits per heavy atom. The molecule has 0 bridgehead atoms. The molecule has 0 aromatic carbocycles. The van der Waals surface area contributed by atoms with E-state index in [0.717, 1.165) is 32.1 Å². The quantitative estimate of drug-likeness (QED) is 0.820. The van der Waals surface area contributed by atoms with Crippen molar-refractivity contribution in [2.75, 3.05) is 19.7 Å². The fourth-order valence-electron chi connectivity index (χ4n) is 3.35. The molecular formula is C15H25N3O. The van der Waals surface area contributed by atoms with Crippen molar-refractivity contribution in [2.24, 2.45) is 7.05 Å². The average molecular weight is 263 g/mol. The van der Waals surface area contributed by atoms with E-state index in [1.807, 2.05) is 6.20 Å². The van der Waals surface area contributed by atoms with Gasteiger partial charge in [-0.2, -0.15) is 0 Å². The SMILES string of the molecule is Cc1ncc(CN2CCC3(CCCCO3)CC2)n1C. The molecule has 2 aliphatic heterocycles. The van der Waals surface area contributed by atoms with Gasteiger partial charge in [-0.25, -0.2) is 4.98 Å². The van der Waals surface area contributed by atoms with E-state index >= 15 is 0 Å². The number of hydrogen-bond donors (Lipinski definition) is 0. The zero-order valence-electron chi connectivity index (χ0n) is 12.2. The van der Waals surface area contributed by atoms with Crippen molar-refractivity contribution in [2.45, 2.75) is 51.2 Å². The van der Waals surface area contributed by atoms with Gasteiger partial charge < -0.3 is 9.30 Å². The van der Waals surface area contributed by atoms with Crippen LogP contribution in [0.2, 0.25) is 0 Å². The molecule has 0 amide bonds. The van der Waals surface area contributed by atoms with Crippen LogP contribution in [0.5, 0.6) is 0 Å². The molecule has 1 spiro atoms. The predicted octanol–water partition coefficient (Wildman–Crippen LogP) is 2.26. The van der Waals surface area contributed by atoms with E-state index in [4.69, 9.17) is 4.74 Å². The number of ether oxygens (including phenoxy) is 1. The molecule has 0 saturated carbocycles. The molecule has 0 atom stereocenters. The van der Waals surface area contributed by atoms with E-state index in [-0.39, 0.29) is 5.60 Å². The predicted molar refractivity (Wildman–Crippen MR) is 75.0 cm³/mol. The largest absolute Gasteiger partial charge is 0.375 e.